The van der Waals surface area contributed by atoms with Gasteiger partial charge in [-0.3, -0.25) is 10.1 Å². The number of hydrogen-bond donors (Lipinski definition) is 3. The molecule has 0 spiro atoms. The minimum Gasteiger partial charge on any atom is -0.397 e. The van der Waals surface area contributed by atoms with Crippen molar-refractivity contribution < 1.29 is 9.59 Å². The number of nitrogen functional groups attached to an aromatic ring is 1. The molecule has 1 rings (SSSR count). The second-order valence-corrected chi connectivity index (χ2v) is 4.76. The van der Waals surface area contributed by atoms with Gasteiger partial charge in [0.05, 0.1) is 11.4 Å². The fourth-order valence-electron chi connectivity index (χ4n) is 1.46. The Morgan fingerprint density at radius 2 is 2.06 bits per heavy atom. The second-order valence-electron chi connectivity index (χ2n) is 3.84. The molecule has 1 atom stereocenters. The van der Waals surface area contributed by atoms with Crippen LogP contribution in [-0.2, 0) is 4.79 Å². The number of nitrogens with two attached hydrogens (primary N) is 2. The minimum absolute atomic E-state index is 0.479. The van der Waals surface area contributed by atoms with E-state index in [1.54, 1.807) is 31.0 Å². The monoisotopic (exact) mass is 314 g/mol. The number of likely N-dealkylation sites (N-methyl/N-ethyl adjacent to an activating group) is 1. The topological polar surface area (TPSA) is 101 Å². The van der Waals surface area contributed by atoms with E-state index in [-0.39, 0.29) is 0 Å². The fourth-order valence-corrected chi connectivity index (χ4v) is 1.84. The van der Waals surface area contributed by atoms with Gasteiger partial charge in [0.15, 0.2) is 0 Å². The van der Waals surface area contributed by atoms with Crippen molar-refractivity contribution in [1.29, 1.82) is 0 Å². The summed E-state index contributed by atoms with van der Waals surface area (Å²) in [7, 11) is 1.71. The summed E-state index contributed by atoms with van der Waals surface area (Å²) in [6, 6.07) is 3.91. The Kier molecular flexibility index (Phi) is 4.55. The van der Waals surface area contributed by atoms with E-state index in [0.29, 0.717) is 11.4 Å². The highest BCUT2D eigenvalue weighted by molar-refractivity contribution is 9.10. The van der Waals surface area contributed by atoms with E-state index < -0.39 is 18.0 Å². The molecule has 0 aromatic heterocycles. The molecule has 1 unspecified atom stereocenters. The summed E-state index contributed by atoms with van der Waals surface area (Å²) in [5.41, 5.74) is 12.0. The highest BCUT2D eigenvalue weighted by Gasteiger charge is 2.20. The predicted molar refractivity (Wildman–Crippen MR) is 74.1 cm³/mol. The lowest BCUT2D eigenvalue weighted by molar-refractivity contribution is -0.120. The third kappa shape index (κ3) is 3.36. The Balaban J connectivity index is 2.89. The Bertz CT molecular complexity index is 478. The van der Waals surface area contributed by atoms with Crippen molar-refractivity contribution in [2.75, 3.05) is 17.7 Å². The molecule has 0 saturated carbocycles. The lowest BCUT2D eigenvalue weighted by atomic mass is 10.2. The van der Waals surface area contributed by atoms with Gasteiger partial charge in [-0.25, -0.2) is 4.79 Å². The molecule has 0 aliphatic rings. The van der Waals surface area contributed by atoms with E-state index in [9.17, 15) is 9.59 Å². The molecule has 0 aliphatic heterocycles. The van der Waals surface area contributed by atoms with Crippen LogP contribution in [0.1, 0.15) is 6.92 Å². The fraction of sp³-hybridized carbons (Fsp3) is 0.273. The summed E-state index contributed by atoms with van der Waals surface area (Å²) < 4.78 is 0.853. The molecule has 0 bridgehead atoms. The van der Waals surface area contributed by atoms with Gasteiger partial charge in [0.25, 0.3) is 0 Å². The number of carbonyl (C=O) groups excluding carboxylic acids is 2. The first-order chi connectivity index (χ1) is 8.32. The van der Waals surface area contributed by atoms with Gasteiger partial charge in [-0.2, -0.15) is 0 Å². The van der Waals surface area contributed by atoms with Gasteiger partial charge in [0.2, 0.25) is 5.91 Å². The molecule has 3 amide bonds. The van der Waals surface area contributed by atoms with Crippen molar-refractivity contribution in [3.8, 4) is 0 Å². The van der Waals surface area contributed by atoms with Crippen molar-refractivity contribution in [2.24, 2.45) is 5.73 Å². The highest BCUT2D eigenvalue weighted by atomic mass is 79.9. The number of carbonyl (C=O) groups is 2. The third-order valence-corrected chi connectivity index (χ3v) is 3.07. The summed E-state index contributed by atoms with van der Waals surface area (Å²) in [6.45, 7) is 1.65. The van der Waals surface area contributed by atoms with E-state index in [0.717, 1.165) is 4.47 Å². The molecular weight excluding hydrogens is 300 g/mol. The lowest BCUT2D eigenvalue weighted by Gasteiger charge is -2.26. The molecule has 5 N–H and O–H groups in total. The number of anilines is 2. The number of nitrogens with one attached hydrogen (secondary N) is 1. The average Bonchev–Trinajstić information content (AvgIpc) is 2.26. The molecule has 98 valence electrons. The van der Waals surface area contributed by atoms with Gasteiger partial charge in [-0.15, -0.1) is 0 Å². The maximum atomic E-state index is 11.6. The highest BCUT2D eigenvalue weighted by Crippen LogP contribution is 2.27. The van der Waals surface area contributed by atoms with Crippen LogP contribution in [0.25, 0.3) is 0 Å². The maximum absolute atomic E-state index is 11.6. The van der Waals surface area contributed by atoms with E-state index in [1.807, 2.05) is 11.4 Å². The molecule has 0 fully saturated rings. The van der Waals surface area contributed by atoms with Crippen LogP contribution in [0, 0.1) is 0 Å². The van der Waals surface area contributed by atoms with Gasteiger partial charge in [0.1, 0.15) is 6.04 Å². The van der Waals surface area contributed by atoms with Crippen LogP contribution >= 0.6 is 15.9 Å². The maximum Gasteiger partial charge on any atom is 0.318 e. The Labute approximate surface area is 113 Å². The number of hydrogen-bond acceptors (Lipinski definition) is 4. The number of amides is 3. The number of halogens is 1. The second kappa shape index (κ2) is 5.72. The molecule has 0 aliphatic carbocycles. The van der Waals surface area contributed by atoms with E-state index in [2.05, 4.69) is 15.9 Å². The SMILES string of the molecule is CC(C(=O)NC(N)=O)N(C)c1ccc(Br)cc1N. The molecule has 6 nitrogen and oxygen atoms in total. The van der Waals surface area contributed by atoms with E-state index >= 15 is 0 Å². The number of benzene rings is 1. The van der Waals surface area contributed by atoms with Gasteiger partial charge >= 0.3 is 6.03 Å². The van der Waals surface area contributed by atoms with Crippen molar-refractivity contribution in [3.63, 3.8) is 0 Å². The number of urea groups is 1. The number of imide groups is 1. The molecule has 7 heteroatoms. The summed E-state index contributed by atoms with van der Waals surface area (Å²) in [6.07, 6.45) is 0. The molecule has 1 aromatic carbocycles. The number of rotatable bonds is 3. The van der Waals surface area contributed by atoms with Crippen LogP contribution in [-0.4, -0.2) is 25.0 Å². The van der Waals surface area contributed by atoms with E-state index in [1.165, 1.54) is 0 Å². The van der Waals surface area contributed by atoms with Crippen molar-refractivity contribution in [1.82, 2.24) is 5.32 Å². The standard InChI is InChI=1S/C11H15BrN4O2/c1-6(10(17)15-11(14)18)16(2)9-4-3-7(12)5-8(9)13/h3-6H,13H2,1-2H3,(H3,14,15,17,18). The van der Waals surface area contributed by atoms with Crippen molar-refractivity contribution >= 4 is 39.2 Å². The Morgan fingerprint density at radius 1 is 1.44 bits per heavy atom. The van der Waals surface area contributed by atoms with Gasteiger partial charge in [0, 0.05) is 11.5 Å². The third-order valence-electron chi connectivity index (χ3n) is 2.58. The summed E-state index contributed by atoms with van der Waals surface area (Å²) >= 11 is 3.31. The van der Waals surface area contributed by atoms with E-state index in [4.69, 9.17) is 11.5 Å². The van der Waals surface area contributed by atoms with Gasteiger partial charge < -0.3 is 16.4 Å². The largest absolute Gasteiger partial charge is 0.397 e. The van der Waals surface area contributed by atoms with Crippen molar-refractivity contribution in [3.05, 3.63) is 22.7 Å². The zero-order valence-electron chi connectivity index (χ0n) is 10.1. The average molecular weight is 315 g/mol. The normalized spacial score (nSPS) is 11.7. The van der Waals surface area contributed by atoms with Crippen LogP contribution in [0.3, 0.4) is 0 Å². The van der Waals surface area contributed by atoms with Crippen LogP contribution in [0.4, 0.5) is 16.2 Å². The number of primary amides is 1. The smallest absolute Gasteiger partial charge is 0.318 e. The van der Waals surface area contributed by atoms with Crippen molar-refractivity contribution in [2.45, 2.75) is 13.0 Å². The first-order valence-corrected chi connectivity index (χ1v) is 6.00. The number of nitrogens with zero attached hydrogens (tertiary/aromatic N) is 1. The van der Waals surface area contributed by atoms with Crippen LogP contribution in [0.15, 0.2) is 22.7 Å². The van der Waals surface area contributed by atoms with Crippen LogP contribution in [0.5, 0.6) is 0 Å². The van der Waals surface area contributed by atoms with Crippen LogP contribution < -0.4 is 21.7 Å². The zero-order chi connectivity index (χ0) is 13.9. The summed E-state index contributed by atoms with van der Waals surface area (Å²) in [5.74, 6) is -0.479. The first kappa shape index (κ1) is 14.3. The minimum atomic E-state index is -0.871. The zero-order valence-corrected chi connectivity index (χ0v) is 11.7. The summed E-state index contributed by atoms with van der Waals surface area (Å²) in [5, 5.41) is 2.03. The molecular formula is C11H15BrN4O2. The van der Waals surface area contributed by atoms with Gasteiger partial charge in [-0.05, 0) is 25.1 Å². The first-order valence-electron chi connectivity index (χ1n) is 5.21. The summed E-state index contributed by atoms with van der Waals surface area (Å²) in [4.78, 5) is 23.9. The molecule has 18 heavy (non-hydrogen) atoms. The molecule has 0 heterocycles. The quantitative estimate of drug-likeness (QED) is 0.726. The van der Waals surface area contributed by atoms with Crippen LogP contribution in [0.2, 0.25) is 0 Å². The Morgan fingerprint density at radius 3 is 2.56 bits per heavy atom. The molecule has 0 radical (unpaired) electrons. The lowest BCUT2D eigenvalue weighted by Crippen LogP contribution is -2.47. The molecule has 1 aromatic rings. The molecule has 0 saturated heterocycles. The predicted octanol–water partition coefficient (Wildman–Crippen LogP) is 1.05. The Hall–Kier alpha value is -1.76. The van der Waals surface area contributed by atoms with Gasteiger partial charge in [-0.1, -0.05) is 15.9 Å².